The lowest BCUT2D eigenvalue weighted by Gasteiger charge is -2.17. The number of fused-ring (bicyclic) bond motifs is 1. The van der Waals surface area contributed by atoms with Gasteiger partial charge in [0.2, 0.25) is 0 Å². The molecule has 0 N–H and O–H groups in total. The molecule has 2 nitrogen and oxygen atoms in total. The van der Waals surface area contributed by atoms with Gasteiger partial charge in [0.25, 0.3) is 0 Å². The Kier molecular flexibility index (Phi) is 4.46. The van der Waals surface area contributed by atoms with Crippen molar-refractivity contribution in [2.24, 2.45) is 5.92 Å². The third-order valence-corrected chi connectivity index (χ3v) is 3.89. The number of hydrogen-bond donors (Lipinski definition) is 0. The first-order valence-electron chi connectivity index (χ1n) is 6.86. The molecule has 0 aliphatic rings. The maximum Gasteiger partial charge on any atom is 0.127 e. The molecule has 1 atom stereocenters. The van der Waals surface area contributed by atoms with Crippen LogP contribution in [0.3, 0.4) is 0 Å². The zero-order valence-electron chi connectivity index (χ0n) is 11.7. The largest absolute Gasteiger partial charge is 0.326 e. The average Bonchev–Trinajstić information content (AvgIpc) is 2.73. The predicted molar refractivity (Wildman–Crippen MR) is 78.0 cm³/mol. The lowest BCUT2D eigenvalue weighted by Crippen LogP contribution is -2.12. The lowest BCUT2D eigenvalue weighted by molar-refractivity contribution is 0.417. The lowest BCUT2D eigenvalue weighted by atomic mass is 10.0. The molecular formula is C15H20ClFN2. The Balaban J connectivity index is 2.52. The van der Waals surface area contributed by atoms with Crippen LogP contribution in [0, 0.1) is 11.7 Å². The van der Waals surface area contributed by atoms with Gasteiger partial charge in [-0.2, -0.15) is 0 Å². The molecule has 4 heteroatoms. The molecule has 2 rings (SSSR count). The molecule has 0 saturated heterocycles. The number of rotatable bonds is 5. The van der Waals surface area contributed by atoms with Gasteiger partial charge in [-0.05, 0) is 25.0 Å². The van der Waals surface area contributed by atoms with Gasteiger partial charge in [-0.15, -0.1) is 11.6 Å². The van der Waals surface area contributed by atoms with Crippen molar-refractivity contribution in [3.63, 3.8) is 0 Å². The number of benzene rings is 1. The first-order valence-corrected chi connectivity index (χ1v) is 7.30. The van der Waals surface area contributed by atoms with E-state index >= 15 is 0 Å². The summed E-state index contributed by atoms with van der Waals surface area (Å²) in [7, 11) is 0. The van der Waals surface area contributed by atoms with Crippen molar-refractivity contribution in [1.29, 1.82) is 0 Å². The summed E-state index contributed by atoms with van der Waals surface area (Å²) in [6.07, 6.45) is 2.24. The molecule has 1 aromatic carbocycles. The summed E-state index contributed by atoms with van der Waals surface area (Å²) in [4.78, 5) is 4.49. The molecule has 0 saturated carbocycles. The second kappa shape index (κ2) is 5.91. The third-order valence-electron chi connectivity index (χ3n) is 3.69. The molecule has 0 bridgehead atoms. The second-order valence-electron chi connectivity index (χ2n) is 5.01. The monoisotopic (exact) mass is 282 g/mol. The van der Waals surface area contributed by atoms with Crippen LogP contribution in [-0.2, 0) is 6.54 Å². The molecule has 1 heterocycles. The van der Waals surface area contributed by atoms with E-state index in [1.165, 1.54) is 12.1 Å². The molecule has 0 aliphatic carbocycles. The van der Waals surface area contributed by atoms with Gasteiger partial charge in [0.15, 0.2) is 0 Å². The Morgan fingerprint density at radius 1 is 1.32 bits per heavy atom. The van der Waals surface area contributed by atoms with E-state index in [-0.39, 0.29) is 11.2 Å². The van der Waals surface area contributed by atoms with Gasteiger partial charge in [0.05, 0.1) is 16.4 Å². The quantitative estimate of drug-likeness (QED) is 0.712. The van der Waals surface area contributed by atoms with Crippen molar-refractivity contribution >= 4 is 22.6 Å². The number of nitrogens with zero attached hydrogens (tertiary/aromatic N) is 2. The summed E-state index contributed by atoms with van der Waals surface area (Å²) < 4.78 is 15.4. The van der Waals surface area contributed by atoms with E-state index < -0.39 is 0 Å². The normalized spacial score (nSPS) is 13.4. The SMILES string of the molecule is CCC(CC)Cn1c(C(C)Cl)nc2cc(F)ccc21. The van der Waals surface area contributed by atoms with Gasteiger partial charge in [-0.3, -0.25) is 0 Å². The van der Waals surface area contributed by atoms with Gasteiger partial charge in [0, 0.05) is 12.6 Å². The zero-order chi connectivity index (χ0) is 14.0. The zero-order valence-corrected chi connectivity index (χ0v) is 12.4. The van der Waals surface area contributed by atoms with Crippen molar-refractivity contribution in [1.82, 2.24) is 9.55 Å². The highest BCUT2D eigenvalue weighted by Crippen LogP contribution is 2.27. The fourth-order valence-corrected chi connectivity index (χ4v) is 2.59. The van der Waals surface area contributed by atoms with E-state index in [9.17, 15) is 4.39 Å². The minimum absolute atomic E-state index is 0.176. The standard InChI is InChI=1S/C15H20ClFN2/c1-4-11(5-2)9-19-14-7-6-12(17)8-13(14)18-15(19)10(3)16/h6-8,10-11H,4-5,9H2,1-3H3. The maximum atomic E-state index is 13.3. The summed E-state index contributed by atoms with van der Waals surface area (Å²) >= 11 is 6.21. The molecule has 1 aromatic heterocycles. The van der Waals surface area contributed by atoms with Crippen LogP contribution >= 0.6 is 11.6 Å². The Labute approximate surface area is 118 Å². The van der Waals surface area contributed by atoms with Gasteiger partial charge in [-0.1, -0.05) is 26.7 Å². The van der Waals surface area contributed by atoms with Crippen LogP contribution in [-0.4, -0.2) is 9.55 Å². The molecule has 0 radical (unpaired) electrons. The minimum atomic E-state index is -0.256. The summed E-state index contributed by atoms with van der Waals surface area (Å²) in [6.45, 7) is 7.18. The molecule has 0 amide bonds. The van der Waals surface area contributed by atoms with E-state index in [4.69, 9.17) is 11.6 Å². The Morgan fingerprint density at radius 3 is 2.58 bits per heavy atom. The minimum Gasteiger partial charge on any atom is -0.326 e. The average molecular weight is 283 g/mol. The number of hydrogen-bond acceptors (Lipinski definition) is 1. The highest BCUT2D eigenvalue weighted by molar-refractivity contribution is 6.20. The second-order valence-corrected chi connectivity index (χ2v) is 5.67. The first kappa shape index (κ1) is 14.3. The van der Waals surface area contributed by atoms with E-state index in [0.717, 1.165) is 30.7 Å². The van der Waals surface area contributed by atoms with Gasteiger partial charge < -0.3 is 4.57 Å². The molecular weight excluding hydrogens is 263 g/mol. The number of alkyl halides is 1. The maximum absolute atomic E-state index is 13.3. The fourth-order valence-electron chi connectivity index (χ4n) is 2.42. The summed E-state index contributed by atoms with van der Waals surface area (Å²) in [5, 5.41) is -0.176. The summed E-state index contributed by atoms with van der Waals surface area (Å²) in [5.74, 6) is 1.17. The number of aromatic nitrogens is 2. The van der Waals surface area contributed by atoms with E-state index in [0.29, 0.717) is 11.4 Å². The Bertz CT molecular complexity index is 559. The van der Waals surface area contributed by atoms with Crippen LogP contribution in [0.2, 0.25) is 0 Å². The highest BCUT2D eigenvalue weighted by Gasteiger charge is 2.17. The summed E-state index contributed by atoms with van der Waals surface area (Å²) in [6, 6.07) is 4.75. The van der Waals surface area contributed by atoms with Crippen LogP contribution in [0.15, 0.2) is 18.2 Å². The van der Waals surface area contributed by atoms with Crippen molar-refractivity contribution in [2.45, 2.75) is 45.5 Å². The van der Waals surface area contributed by atoms with Crippen LogP contribution in [0.4, 0.5) is 4.39 Å². The Morgan fingerprint density at radius 2 is 2.00 bits per heavy atom. The fraction of sp³-hybridized carbons (Fsp3) is 0.533. The van der Waals surface area contributed by atoms with Gasteiger partial charge in [0.1, 0.15) is 11.6 Å². The molecule has 0 aliphatic heterocycles. The van der Waals surface area contributed by atoms with Crippen molar-refractivity contribution in [3.05, 3.63) is 29.8 Å². The Hall–Kier alpha value is -1.09. The van der Waals surface area contributed by atoms with Gasteiger partial charge >= 0.3 is 0 Å². The van der Waals surface area contributed by atoms with E-state index in [1.54, 1.807) is 6.07 Å². The topological polar surface area (TPSA) is 17.8 Å². The number of imidazole rings is 1. The molecule has 19 heavy (non-hydrogen) atoms. The molecule has 2 aromatic rings. The predicted octanol–water partition coefficient (Wildman–Crippen LogP) is 4.91. The van der Waals surface area contributed by atoms with Crippen LogP contribution in [0.1, 0.15) is 44.8 Å². The van der Waals surface area contributed by atoms with Crippen molar-refractivity contribution in [3.8, 4) is 0 Å². The number of halogens is 2. The summed E-state index contributed by atoms with van der Waals surface area (Å²) in [5.41, 5.74) is 1.66. The third kappa shape index (κ3) is 2.92. The first-order chi connectivity index (χ1) is 9.06. The van der Waals surface area contributed by atoms with Crippen molar-refractivity contribution in [2.75, 3.05) is 0 Å². The van der Waals surface area contributed by atoms with Crippen LogP contribution < -0.4 is 0 Å². The van der Waals surface area contributed by atoms with Gasteiger partial charge in [-0.25, -0.2) is 9.37 Å². The van der Waals surface area contributed by atoms with Crippen LogP contribution in [0.25, 0.3) is 11.0 Å². The van der Waals surface area contributed by atoms with Crippen LogP contribution in [0.5, 0.6) is 0 Å². The van der Waals surface area contributed by atoms with Crippen molar-refractivity contribution < 1.29 is 4.39 Å². The highest BCUT2D eigenvalue weighted by atomic mass is 35.5. The smallest absolute Gasteiger partial charge is 0.127 e. The molecule has 0 spiro atoms. The van der Waals surface area contributed by atoms with E-state index in [1.807, 2.05) is 6.92 Å². The molecule has 0 fully saturated rings. The molecule has 104 valence electrons. The molecule has 1 unspecified atom stereocenters. The van der Waals surface area contributed by atoms with E-state index in [2.05, 4.69) is 23.4 Å².